The van der Waals surface area contributed by atoms with E-state index in [9.17, 15) is 18.0 Å². The molecule has 0 radical (unpaired) electrons. The van der Waals surface area contributed by atoms with Gasteiger partial charge in [0.2, 0.25) is 0 Å². The number of carbonyl (C=O) groups is 1. The van der Waals surface area contributed by atoms with E-state index in [4.69, 9.17) is 6.57 Å². The summed E-state index contributed by atoms with van der Waals surface area (Å²) >= 11 is 0. The largest absolute Gasteiger partial charge is 0.515 e. The molecule has 0 aliphatic carbocycles. The number of carbonyl (C=O) groups excluding carboxylic acids is 1. The molecule has 0 bridgehead atoms. The predicted molar refractivity (Wildman–Crippen MR) is 27.8 cm³/mol. The van der Waals surface area contributed by atoms with Crippen LogP contribution in [0.5, 0.6) is 0 Å². The third-order valence-electron chi connectivity index (χ3n) is 1.15. The molecule has 1 rings (SSSR count). The van der Waals surface area contributed by atoms with Crippen LogP contribution in [0.25, 0.3) is 4.85 Å². The molecule has 2 unspecified atom stereocenters. The highest BCUT2D eigenvalue weighted by Crippen LogP contribution is 2.31. The van der Waals surface area contributed by atoms with Crippen molar-refractivity contribution < 1.29 is 27.4 Å². The maximum absolute atomic E-state index is 11.9. The maximum Gasteiger partial charge on any atom is 0.515 e. The number of halogens is 3. The predicted octanol–water partition coefficient (Wildman–Crippen LogP) is 1.33. The lowest BCUT2D eigenvalue weighted by molar-refractivity contribution is -0.199. The van der Waals surface area contributed by atoms with Crippen LogP contribution >= 0.6 is 0 Å². The van der Waals surface area contributed by atoms with Gasteiger partial charge in [-0.1, -0.05) is 0 Å². The lowest BCUT2D eigenvalue weighted by Crippen LogP contribution is -2.35. The zero-order valence-corrected chi connectivity index (χ0v) is 5.46. The summed E-state index contributed by atoms with van der Waals surface area (Å²) in [6.07, 6.45) is -10.6. The van der Waals surface area contributed by atoms with E-state index in [1.165, 1.54) is 0 Å². The minimum Gasteiger partial charge on any atom is -0.408 e. The quantitative estimate of drug-likeness (QED) is 0.418. The Bertz CT molecular complexity index is 243. The van der Waals surface area contributed by atoms with Crippen LogP contribution in [0.2, 0.25) is 0 Å². The molecule has 1 aliphatic rings. The fourth-order valence-corrected chi connectivity index (χ4v) is 0.673. The van der Waals surface area contributed by atoms with Gasteiger partial charge in [-0.05, 0) is 0 Å². The molecule has 0 amide bonds. The van der Waals surface area contributed by atoms with E-state index in [2.05, 4.69) is 14.3 Å². The summed E-state index contributed by atoms with van der Waals surface area (Å²) in [5.41, 5.74) is 0. The second kappa shape index (κ2) is 2.55. The maximum atomic E-state index is 11.9. The Labute approximate surface area is 64.7 Å². The molecule has 0 saturated carbocycles. The molecule has 1 aliphatic heterocycles. The Morgan fingerprint density at radius 1 is 1.42 bits per heavy atom. The van der Waals surface area contributed by atoms with Gasteiger partial charge in [-0.15, -0.1) is 0 Å². The van der Waals surface area contributed by atoms with Crippen LogP contribution in [0.3, 0.4) is 0 Å². The van der Waals surface area contributed by atoms with Gasteiger partial charge in [0.1, 0.15) is 0 Å². The lowest BCUT2D eigenvalue weighted by Gasteiger charge is -2.09. The fraction of sp³-hybridized carbons (Fsp3) is 0.600. The minimum atomic E-state index is -4.75. The van der Waals surface area contributed by atoms with Gasteiger partial charge in [0.15, 0.2) is 0 Å². The highest BCUT2D eigenvalue weighted by molar-refractivity contribution is 5.63. The average Bonchev–Trinajstić information content (AvgIpc) is 2.29. The summed E-state index contributed by atoms with van der Waals surface area (Å²) in [6, 6.07) is 0. The first-order valence-electron chi connectivity index (χ1n) is 2.75. The molecule has 0 spiro atoms. The SMILES string of the molecule is [C-]#[N+]C1OC(=O)OC1C(F)(F)F. The topological polar surface area (TPSA) is 39.9 Å². The molecule has 1 fully saturated rings. The van der Waals surface area contributed by atoms with Gasteiger partial charge in [0, 0.05) is 0 Å². The van der Waals surface area contributed by atoms with Crippen molar-refractivity contribution in [2.45, 2.75) is 18.5 Å². The smallest absolute Gasteiger partial charge is 0.408 e. The first-order valence-corrected chi connectivity index (χ1v) is 2.75. The van der Waals surface area contributed by atoms with Crippen molar-refractivity contribution in [3.8, 4) is 0 Å². The number of alkyl halides is 3. The Hall–Kier alpha value is -1.45. The summed E-state index contributed by atoms with van der Waals surface area (Å²) in [7, 11) is 0. The highest BCUT2D eigenvalue weighted by Gasteiger charge is 2.58. The van der Waals surface area contributed by atoms with Gasteiger partial charge in [-0.3, -0.25) is 4.85 Å². The summed E-state index contributed by atoms with van der Waals surface area (Å²) in [4.78, 5) is 12.6. The van der Waals surface area contributed by atoms with Crippen LogP contribution in [-0.2, 0) is 9.47 Å². The molecule has 0 aromatic heterocycles. The summed E-state index contributed by atoms with van der Waals surface area (Å²) in [5.74, 6) is 0. The standard InChI is InChI=1S/C5H2F3NO3/c1-9-3-2(5(6,7)8)11-4(10)12-3/h2-3H. The van der Waals surface area contributed by atoms with Crippen molar-refractivity contribution in [2.24, 2.45) is 0 Å². The van der Waals surface area contributed by atoms with Crippen LogP contribution in [0.15, 0.2) is 0 Å². The molecule has 1 heterocycles. The van der Waals surface area contributed by atoms with Crippen LogP contribution < -0.4 is 0 Å². The van der Waals surface area contributed by atoms with E-state index < -0.39 is 24.7 Å². The van der Waals surface area contributed by atoms with Gasteiger partial charge < -0.3 is 9.47 Å². The third kappa shape index (κ3) is 1.42. The number of rotatable bonds is 0. The van der Waals surface area contributed by atoms with Crippen molar-refractivity contribution in [3.63, 3.8) is 0 Å². The van der Waals surface area contributed by atoms with Gasteiger partial charge in [0.05, 0.1) is 0 Å². The van der Waals surface area contributed by atoms with Gasteiger partial charge >= 0.3 is 24.7 Å². The van der Waals surface area contributed by atoms with Gasteiger partial charge in [-0.25, -0.2) is 11.4 Å². The fourth-order valence-electron chi connectivity index (χ4n) is 0.673. The number of ether oxygens (including phenoxy) is 2. The van der Waals surface area contributed by atoms with Crippen LogP contribution in [0.1, 0.15) is 0 Å². The second-order valence-electron chi connectivity index (χ2n) is 1.97. The molecule has 0 aromatic rings. The molecular weight excluding hydrogens is 179 g/mol. The van der Waals surface area contributed by atoms with E-state index in [0.717, 1.165) is 0 Å². The van der Waals surface area contributed by atoms with Crippen molar-refractivity contribution in [2.75, 3.05) is 0 Å². The van der Waals surface area contributed by atoms with Gasteiger partial charge in [-0.2, -0.15) is 13.2 Å². The van der Waals surface area contributed by atoms with Crippen molar-refractivity contribution in [1.82, 2.24) is 0 Å². The number of nitrogens with zero attached hydrogens (tertiary/aromatic N) is 1. The minimum absolute atomic E-state index is 1.46. The monoisotopic (exact) mass is 181 g/mol. The molecule has 2 atom stereocenters. The van der Waals surface area contributed by atoms with E-state index >= 15 is 0 Å². The zero-order chi connectivity index (χ0) is 9.35. The van der Waals surface area contributed by atoms with E-state index in [1.54, 1.807) is 0 Å². The number of hydrogen-bond acceptors (Lipinski definition) is 3. The molecule has 4 nitrogen and oxygen atoms in total. The first-order chi connectivity index (χ1) is 5.45. The average molecular weight is 181 g/mol. The van der Waals surface area contributed by atoms with Crippen molar-refractivity contribution in [1.29, 1.82) is 0 Å². The highest BCUT2D eigenvalue weighted by atomic mass is 19.4. The van der Waals surface area contributed by atoms with Gasteiger partial charge in [0.25, 0.3) is 0 Å². The van der Waals surface area contributed by atoms with E-state index in [1.807, 2.05) is 0 Å². The molecule has 12 heavy (non-hydrogen) atoms. The van der Waals surface area contributed by atoms with Crippen LogP contribution in [0, 0.1) is 6.57 Å². The number of cyclic esters (lactones) is 2. The Balaban J connectivity index is 2.79. The number of hydrogen-bond donors (Lipinski definition) is 0. The van der Waals surface area contributed by atoms with Crippen LogP contribution in [-0.4, -0.2) is 24.7 Å². The van der Waals surface area contributed by atoms with E-state index in [-0.39, 0.29) is 0 Å². The molecule has 0 aromatic carbocycles. The normalized spacial score (nSPS) is 29.0. The van der Waals surface area contributed by atoms with Crippen molar-refractivity contribution >= 4 is 6.16 Å². The molecule has 1 saturated heterocycles. The molecule has 66 valence electrons. The molecule has 0 N–H and O–H groups in total. The lowest BCUT2D eigenvalue weighted by atomic mass is 10.3. The molecule has 7 heteroatoms. The van der Waals surface area contributed by atoms with Crippen LogP contribution in [0.4, 0.5) is 18.0 Å². The summed E-state index contributed by atoms with van der Waals surface area (Å²) in [6.45, 7) is 6.27. The Kier molecular flexibility index (Phi) is 1.84. The molecular formula is C5H2F3NO3. The third-order valence-corrected chi connectivity index (χ3v) is 1.15. The van der Waals surface area contributed by atoms with E-state index in [0.29, 0.717) is 0 Å². The Morgan fingerprint density at radius 3 is 2.33 bits per heavy atom. The summed E-state index contributed by atoms with van der Waals surface area (Å²) in [5, 5.41) is 0. The second-order valence-corrected chi connectivity index (χ2v) is 1.97. The Morgan fingerprint density at radius 2 is 2.00 bits per heavy atom. The first kappa shape index (κ1) is 8.64. The van der Waals surface area contributed by atoms with Crippen molar-refractivity contribution in [3.05, 3.63) is 11.4 Å². The zero-order valence-electron chi connectivity index (χ0n) is 5.46. The summed E-state index contributed by atoms with van der Waals surface area (Å²) < 4.78 is 43.3.